The molecule has 0 aromatic heterocycles. The predicted octanol–water partition coefficient (Wildman–Crippen LogP) is 2.91. The molecule has 0 atom stereocenters. The molecule has 1 heterocycles. The minimum Gasteiger partial charge on any atom is -0.289 e. The van der Waals surface area contributed by atoms with Crippen LogP contribution in [0.3, 0.4) is 0 Å². The van der Waals surface area contributed by atoms with Crippen molar-refractivity contribution in [3.05, 3.63) is 0 Å². The third-order valence-corrected chi connectivity index (χ3v) is 3.28. The van der Waals surface area contributed by atoms with Crippen LogP contribution in [0.2, 0.25) is 0 Å². The molecular weight excluding hydrogens is 172 g/mol. The molecule has 0 aromatic rings. The van der Waals surface area contributed by atoms with Gasteiger partial charge in [0.2, 0.25) is 0 Å². The Morgan fingerprint density at radius 2 is 1.54 bits per heavy atom. The topological polar surface area (TPSA) is 3.24 Å². The fraction of sp³-hybridized carbons (Fsp3) is 1.00. The zero-order chi connectivity index (χ0) is 10.1. The van der Waals surface area contributed by atoms with Crippen molar-refractivity contribution in [2.45, 2.75) is 51.0 Å². The van der Waals surface area contributed by atoms with Crippen LogP contribution in [-0.2, 0) is 0 Å². The maximum atomic E-state index is 13.1. The van der Waals surface area contributed by atoms with Gasteiger partial charge >= 0.3 is 0 Å². The molecule has 0 radical (unpaired) electrons. The fourth-order valence-corrected chi connectivity index (χ4v) is 2.49. The maximum absolute atomic E-state index is 13.1. The van der Waals surface area contributed by atoms with E-state index in [0.717, 1.165) is 12.8 Å². The molecule has 0 N–H and O–H groups in total. The van der Waals surface area contributed by atoms with Gasteiger partial charge in [0.1, 0.15) is 0 Å². The lowest BCUT2D eigenvalue weighted by Crippen LogP contribution is -2.72. The van der Waals surface area contributed by atoms with E-state index in [1.54, 1.807) is 0 Å². The smallest absolute Gasteiger partial charge is 0.278 e. The molecule has 1 saturated heterocycles. The molecule has 0 unspecified atom stereocenters. The molecule has 1 spiro atoms. The lowest BCUT2D eigenvalue weighted by molar-refractivity contribution is -0.233. The Kier molecular flexibility index (Phi) is 2.95. The van der Waals surface area contributed by atoms with Gasteiger partial charge in [-0.3, -0.25) is 4.90 Å². The molecule has 0 aromatic carbocycles. The number of hydrogen-bond donors (Lipinski definition) is 0. The van der Waals surface area contributed by atoms with E-state index in [1.807, 2.05) is 25.8 Å². The summed E-state index contributed by atoms with van der Waals surface area (Å²) in [5.74, 6) is -2.40. The Balaban J connectivity index is 0.000000396. The largest absolute Gasteiger partial charge is 0.289 e. The molecule has 78 valence electrons. The monoisotopic (exact) mass is 191 g/mol. The van der Waals surface area contributed by atoms with Crippen LogP contribution in [-0.4, -0.2) is 30.0 Å². The SMILES string of the molecule is CC.CN1CC(F)(F)C12CCCC2. The summed E-state index contributed by atoms with van der Waals surface area (Å²) in [5, 5.41) is 0. The Bertz CT molecular complexity index is 174. The van der Waals surface area contributed by atoms with Crippen LogP contribution in [0.25, 0.3) is 0 Å². The zero-order valence-electron chi connectivity index (χ0n) is 8.74. The maximum Gasteiger partial charge on any atom is 0.278 e. The van der Waals surface area contributed by atoms with E-state index in [9.17, 15) is 8.78 Å². The summed E-state index contributed by atoms with van der Waals surface area (Å²) in [5.41, 5.74) is -0.729. The Labute approximate surface area is 79.1 Å². The minimum atomic E-state index is -2.40. The van der Waals surface area contributed by atoms with Crippen LogP contribution < -0.4 is 0 Å². The summed E-state index contributed by atoms with van der Waals surface area (Å²) in [4.78, 5) is 1.82. The van der Waals surface area contributed by atoms with Gasteiger partial charge in [-0.2, -0.15) is 0 Å². The van der Waals surface area contributed by atoms with Gasteiger partial charge in [0.05, 0.1) is 12.1 Å². The molecule has 2 aliphatic rings. The second-order valence-electron chi connectivity index (χ2n) is 3.80. The predicted molar refractivity (Wildman–Crippen MR) is 50.1 cm³/mol. The van der Waals surface area contributed by atoms with Crippen molar-refractivity contribution in [2.75, 3.05) is 13.6 Å². The average molecular weight is 191 g/mol. The van der Waals surface area contributed by atoms with E-state index < -0.39 is 11.5 Å². The van der Waals surface area contributed by atoms with Gasteiger partial charge < -0.3 is 0 Å². The normalized spacial score (nSPS) is 29.3. The lowest BCUT2D eigenvalue weighted by Gasteiger charge is -2.55. The minimum absolute atomic E-state index is 0.0347. The second-order valence-corrected chi connectivity index (χ2v) is 3.80. The highest BCUT2D eigenvalue weighted by Crippen LogP contribution is 2.52. The first kappa shape index (κ1) is 10.9. The molecule has 1 aliphatic heterocycles. The summed E-state index contributed by atoms with van der Waals surface area (Å²) in [7, 11) is 1.81. The summed E-state index contributed by atoms with van der Waals surface area (Å²) in [6.45, 7) is 3.97. The van der Waals surface area contributed by atoms with Crippen molar-refractivity contribution in [3.8, 4) is 0 Å². The first-order valence-electron chi connectivity index (χ1n) is 5.18. The first-order chi connectivity index (χ1) is 6.08. The highest BCUT2D eigenvalue weighted by Gasteiger charge is 2.65. The fourth-order valence-electron chi connectivity index (χ4n) is 2.49. The molecule has 1 nitrogen and oxygen atoms in total. The molecule has 13 heavy (non-hydrogen) atoms. The second kappa shape index (κ2) is 3.52. The standard InChI is InChI=1S/C8H13F2N.C2H6/c1-11-6-8(9,10)7(11)4-2-3-5-7;1-2/h2-6H2,1H3;1-2H3. The van der Waals surface area contributed by atoms with Gasteiger partial charge in [0.15, 0.2) is 0 Å². The van der Waals surface area contributed by atoms with Crippen molar-refractivity contribution in [1.29, 1.82) is 0 Å². The van der Waals surface area contributed by atoms with Gasteiger partial charge in [-0.05, 0) is 19.9 Å². The Morgan fingerprint density at radius 1 is 1.08 bits per heavy atom. The van der Waals surface area contributed by atoms with Crippen LogP contribution in [0.15, 0.2) is 0 Å². The van der Waals surface area contributed by atoms with Crippen LogP contribution in [0.5, 0.6) is 0 Å². The zero-order valence-corrected chi connectivity index (χ0v) is 8.74. The number of alkyl halides is 2. The molecule has 0 bridgehead atoms. The summed E-state index contributed by atoms with van der Waals surface area (Å²) < 4.78 is 26.2. The van der Waals surface area contributed by atoms with Crippen molar-refractivity contribution in [3.63, 3.8) is 0 Å². The highest BCUT2D eigenvalue weighted by molar-refractivity contribution is 5.13. The van der Waals surface area contributed by atoms with Crippen LogP contribution >= 0.6 is 0 Å². The van der Waals surface area contributed by atoms with E-state index in [1.165, 1.54) is 0 Å². The number of halogens is 2. The molecule has 1 aliphatic carbocycles. The van der Waals surface area contributed by atoms with Crippen molar-refractivity contribution in [2.24, 2.45) is 0 Å². The molecule has 3 heteroatoms. The lowest BCUT2D eigenvalue weighted by atomic mass is 9.79. The number of nitrogens with zero attached hydrogens (tertiary/aromatic N) is 1. The summed E-state index contributed by atoms with van der Waals surface area (Å²) >= 11 is 0. The molecular formula is C10H19F2N. The Morgan fingerprint density at radius 3 is 1.77 bits per heavy atom. The third-order valence-electron chi connectivity index (χ3n) is 3.28. The summed E-state index contributed by atoms with van der Waals surface area (Å²) in [6, 6.07) is 0. The Hall–Kier alpha value is -0.180. The molecule has 2 fully saturated rings. The molecule has 0 amide bonds. The highest BCUT2D eigenvalue weighted by atomic mass is 19.3. The third kappa shape index (κ3) is 1.37. The molecule has 1 saturated carbocycles. The van der Waals surface area contributed by atoms with Crippen LogP contribution in [0, 0.1) is 0 Å². The summed E-state index contributed by atoms with van der Waals surface area (Å²) in [6.07, 6.45) is 3.33. The molecule has 2 rings (SSSR count). The van der Waals surface area contributed by atoms with Crippen LogP contribution in [0.4, 0.5) is 8.78 Å². The van der Waals surface area contributed by atoms with Crippen molar-refractivity contribution < 1.29 is 8.78 Å². The van der Waals surface area contributed by atoms with E-state index >= 15 is 0 Å². The van der Waals surface area contributed by atoms with Crippen LogP contribution in [0.1, 0.15) is 39.5 Å². The first-order valence-corrected chi connectivity index (χ1v) is 5.18. The van der Waals surface area contributed by atoms with Gasteiger partial charge in [-0.15, -0.1) is 0 Å². The number of likely N-dealkylation sites (tertiary alicyclic amines) is 1. The van der Waals surface area contributed by atoms with Gasteiger partial charge in [-0.1, -0.05) is 26.7 Å². The quantitative estimate of drug-likeness (QED) is 0.569. The van der Waals surface area contributed by atoms with E-state index in [2.05, 4.69) is 0 Å². The van der Waals surface area contributed by atoms with Gasteiger partial charge in [0.25, 0.3) is 5.92 Å². The van der Waals surface area contributed by atoms with Crippen molar-refractivity contribution >= 4 is 0 Å². The van der Waals surface area contributed by atoms with E-state index in [4.69, 9.17) is 0 Å². The van der Waals surface area contributed by atoms with E-state index in [-0.39, 0.29) is 6.54 Å². The van der Waals surface area contributed by atoms with E-state index in [0.29, 0.717) is 12.8 Å². The number of hydrogen-bond acceptors (Lipinski definition) is 1. The average Bonchev–Trinajstić information content (AvgIpc) is 2.58. The van der Waals surface area contributed by atoms with Crippen molar-refractivity contribution in [1.82, 2.24) is 4.90 Å². The van der Waals surface area contributed by atoms with Gasteiger partial charge in [-0.25, -0.2) is 8.78 Å². The number of rotatable bonds is 0. The van der Waals surface area contributed by atoms with Gasteiger partial charge in [0, 0.05) is 0 Å².